The van der Waals surface area contributed by atoms with Crippen molar-refractivity contribution in [3.05, 3.63) is 33.9 Å². The Morgan fingerprint density at radius 3 is 2.48 bits per heavy atom. The number of anilines is 1. The average Bonchev–Trinajstić information content (AvgIpc) is 2.44. The highest BCUT2D eigenvalue weighted by Crippen LogP contribution is 2.27. The van der Waals surface area contributed by atoms with E-state index in [2.05, 4.69) is 19.2 Å². The van der Waals surface area contributed by atoms with Crippen molar-refractivity contribution in [2.45, 2.75) is 20.3 Å². The lowest BCUT2D eigenvalue weighted by atomic mass is 9.91. The molecule has 6 heteroatoms. The Hall–Kier alpha value is -2.11. The minimum Gasteiger partial charge on any atom is -0.388 e. The third-order valence-electron chi connectivity index (χ3n) is 3.87. The predicted molar refractivity (Wildman–Crippen MR) is 81.5 cm³/mol. The third kappa shape index (κ3) is 3.32. The second kappa shape index (κ2) is 6.11. The maximum atomic E-state index is 12.7. The number of hydrogen-bond acceptors (Lipinski definition) is 4. The molecule has 1 saturated heterocycles. The van der Waals surface area contributed by atoms with Crippen LogP contribution in [-0.2, 0) is 0 Å². The van der Waals surface area contributed by atoms with Crippen molar-refractivity contribution in [1.82, 2.24) is 4.90 Å². The molecule has 6 nitrogen and oxygen atoms in total. The number of benzene rings is 1. The fraction of sp³-hybridized carbons (Fsp3) is 0.533. The number of nitrogens with one attached hydrogen (secondary N) is 1. The molecule has 1 aliphatic heterocycles. The van der Waals surface area contributed by atoms with Crippen LogP contribution in [0.3, 0.4) is 0 Å². The zero-order chi connectivity index (χ0) is 15.6. The molecule has 0 bridgehead atoms. The number of nitro benzene ring substituents is 1. The summed E-state index contributed by atoms with van der Waals surface area (Å²) in [4.78, 5) is 25.1. The highest BCUT2D eigenvalue weighted by atomic mass is 16.6. The van der Waals surface area contributed by atoms with Crippen LogP contribution in [0.2, 0.25) is 0 Å². The van der Waals surface area contributed by atoms with E-state index in [1.54, 1.807) is 24.1 Å². The normalized spacial score (nSPS) is 22.0. The summed E-state index contributed by atoms with van der Waals surface area (Å²) < 4.78 is 0. The molecular formula is C15H21N3O3. The van der Waals surface area contributed by atoms with E-state index in [0.29, 0.717) is 30.6 Å². The fourth-order valence-corrected chi connectivity index (χ4v) is 3.02. The Bertz CT molecular complexity index is 549. The molecule has 0 radical (unpaired) electrons. The molecule has 21 heavy (non-hydrogen) atoms. The quantitative estimate of drug-likeness (QED) is 0.686. The van der Waals surface area contributed by atoms with Gasteiger partial charge in [0, 0.05) is 31.9 Å². The van der Waals surface area contributed by atoms with E-state index in [4.69, 9.17) is 0 Å². The van der Waals surface area contributed by atoms with Gasteiger partial charge in [0.2, 0.25) is 0 Å². The number of carbonyl (C=O) groups excluding carboxylic acids is 1. The van der Waals surface area contributed by atoms with Gasteiger partial charge in [-0.2, -0.15) is 0 Å². The SMILES string of the molecule is CNc1ccc([N+](=O)[O-])c(C(=O)N2CC(C)CC(C)C2)c1. The van der Waals surface area contributed by atoms with Gasteiger partial charge in [-0.3, -0.25) is 14.9 Å². The summed E-state index contributed by atoms with van der Waals surface area (Å²) >= 11 is 0. The van der Waals surface area contributed by atoms with Gasteiger partial charge in [-0.05, 0) is 30.4 Å². The highest BCUT2D eigenvalue weighted by molar-refractivity contribution is 5.99. The Morgan fingerprint density at radius 1 is 1.33 bits per heavy atom. The van der Waals surface area contributed by atoms with Gasteiger partial charge >= 0.3 is 0 Å². The smallest absolute Gasteiger partial charge is 0.282 e. The summed E-state index contributed by atoms with van der Waals surface area (Å²) in [6.45, 7) is 5.52. The molecule has 1 N–H and O–H groups in total. The zero-order valence-electron chi connectivity index (χ0n) is 12.6. The summed E-state index contributed by atoms with van der Waals surface area (Å²) in [6.07, 6.45) is 1.09. The fourth-order valence-electron chi connectivity index (χ4n) is 3.02. The number of nitrogens with zero attached hydrogens (tertiary/aromatic N) is 2. The first kappa shape index (κ1) is 15.3. The van der Waals surface area contributed by atoms with Gasteiger partial charge in [0.1, 0.15) is 5.56 Å². The monoisotopic (exact) mass is 291 g/mol. The average molecular weight is 291 g/mol. The third-order valence-corrected chi connectivity index (χ3v) is 3.87. The minimum atomic E-state index is -0.497. The molecule has 1 amide bonds. The van der Waals surface area contributed by atoms with Gasteiger partial charge in [-0.15, -0.1) is 0 Å². The number of hydrogen-bond donors (Lipinski definition) is 1. The van der Waals surface area contributed by atoms with E-state index in [1.807, 2.05) is 0 Å². The number of piperidine rings is 1. The standard InChI is InChI=1S/C15H21N3O3/c1-10-6-11(2)9-17(8-10)15(19)13-7-12(16-3)4-5-14(13)18(20)21/h4-5,7,10-11,16H,6,8-9H2,1-3H3. The molecule has 2 rings (SSSR count). The Kier molecular flexibility index (Phi) is 4.45. The van der Waals surface area contributed by atoms with Crippen molar-refractivity contribution in [3.63, 3.8) is 0 Å². The lowest BCUT2D eigenvalue weighted by Crippen LogP contribution is -2.42. The molecule has 2 atom stereocenters. The molecule has 1 heterocycles. The maximum absolute atomic E-state index is 12.7. The maximum Gasteiger partial charge on any atom is 0.282 e. The van der Waals surface area contributed by atoms with Crippen LogP contribution < -0.4 is 5.32 Å². The topological polar surface area (TPSA) is 75.5 Å². The first-order valence-electron chi connectivity index (χ1n) is 7.17. The van der Waals surface area contributed by atoms with Gasteiger partial charge in [0.05, 0.1) is 4.92 Å². The van der Waals surface area contributed by atoms with Crippen LogP contribution in [0.5, 0.6) is 0 Å². The number of rotatable bonds is 3. The Morgan fingerprint density at radius 2 is 1.95 bits per heavy atom. The molecule has 0 aliphatic carbocycles. The van der Waals surface area contributed by atoms with Crippen molar-refractivity contribution in [2.24, 2.45) is 11.8 Å². The summed E-state index contributed by atoms with van der Waals surface area (Å²) in [5, 5.41) is 14.1. The van der Waals surface area contributed by atoms with Crippen LogP contribution in [0.25, 0.3) is 0 Å². The summed E-state index contributed by atoms with van der Waals surface area (Å²) in [5.74, 6) is 0.589. The first-order valence-corrected chi connectivity index (χ1v) is 7.17. The van der Waals surface area contributed by atoms with Crippen LogP contribution in [0, 0.1) is 22.0 Å². The molecule has 114 valence electrons. The summed E-state index contributed by atoms with van der Waals surface area (Å²) in [6, 6.07) is 4.55. The van der Waals surface area contributed by atoms with Crippen LogP contribution in [0.15, 0.2) is 18.2 Å². The molecular weight excluding hydrogens is 270 g/mol. The van der Waals surface area contributed by atoms with Crippen molar-refractivity contribution >= 4 is 17.3 Å². The van der Waals surface area contributed by atoms with Crippen LogP contribution >= 0.6 is 0 Å². The van der Waals surface area contributed by atoms with Gasteiger partial charge in [0.15, 0.2) is 0 Å². The lowest BCUT2D eigenvalue weighted by molar-refractivity contribution is -0.385. The lowest BCUT2D eigenvalue weighted by Gasteiger charge is -2.35. The van der Waals surface area contributed by atoms with Crippen molar-refractivity contribution < 1.29 is 9.72 Å². The zero-order valence-corrected chi connectivity index (χ0v) is 12.6. The predicted octanol–water partition coefficient (Wildman–Crippen LogP) is 2.75. The molecule has 2 unspecified atom stereocenters. The Labute approximate surface area is 124 Å². The van der Waals surface area contributed by atoms with Crippen molar-refractivity contribution in [1.29, 1.82) is 0 Å². The van der Waals surface area contributed by atoms with Gasteiger partial charge in [0.25, 0.3) is 11.6 Å². The molecule has 1 fully saturated rings. The van der Waals surface area contributed by atoms with Crippen molar-refractivity contribution in [3.8, 4) is 0 Å². The number of carbonyl (C=O) groups is 1. The van der Waals surface area contributed by atoms with Crippen LogP contribution in [-0.4, -0.2) is 35.9 Å². The van der Waals surface area contributed by atoms with E-state index < -0.39 is 4.92 Å². The number of nitro groups is 1. The Balaban J connectivity index is 2.35. The van der Waals surface area contributed by atoms with Gasteiger partial charge in [-0.25, -0.2) is 0 Å². The number of likely N-dealkylation sites (tertiary alicyclic amines) is 1. The molecule has 0 saturated carbocycles. The van der Waals surface area contributed by atoms with E-state index in [1.165, 1.54) is 6.07 Å². The van der Waals surface area contributed by atoms with E-state index in [9.17, 15) is 14.9 Å². The van der Waals surface area contributed by atoms with Gasteiger partial charge in [-0.1, -0.05) is 13.8 Å². The van der Waals surface area contributed by atoms with Crippen molar-refractivity contribution in [2.75, 3.05) is 25.5 Å². The van der Waals surface area contributed by atoms with Crippen LogP contribution in [0.1, 0.15) is 30.6 Å². The van der Waals surface area contributed by atoms with Gasteiger partial charge < -0.3 is 10.2 Å². The van der Waals surface area contributed by atoms with E-state index >= 15 is 0 Å². The minimum absolute atomic E-state index is 0.134. The number of amides is 1. The molecule has 0 aromatic heterocycles. The second-order valence-electron chi connectivity index (χ2n) is 5.90. The summed E-state index contributed by atoms with van der Waals surface area (Å²) in [7, 11) is 1.72. The van der Waals surface area contributed by atoms with E-state index in [0.717, 1.165) is 6.42 Å². The second-order valence-corrected chi connectivity index (χ2v) is 5.90. The van der Waals surface area contributed by atoms with Crippen LogP contribution in [0.4, 0.5) is 11.4 Å². The largest absolute Gasteiger partial charge is 0.388 e. The molecule has 1 aromatic carbocycles. The van der Waals surface area contributed by atoms with E-state index in [-0.39, 0.29) is 17.2 Å². The molecule has 0 spiro atoms. The molecule has 1 aliphatic rings. The first-order chi connectivity index (χ1) is 9.92. The summed E-state index contributed by atoms with van der Waals surface area (Å²) in [5.41, 5.74) is 0.722. The highest BCUT2D eigenvalue weighted by Gasteiger charge is 2.30. The molecule has 1 aromatic rings.